The Morgan fingerprint density at radius 3 is 2.95 bits per heavy atom. The quantitative estimate of drug-likeness (QED) is 0.600. The standard InChI is InChI=1S/C17H20N4O/c18-17(20-11-15-16(22)9-4-10-19-15)21-14-8-3-6-12-5-1-2-7-13(12)14/h3-4,6,8-10,22H,1-2,5,7,11H2,(H3,18,20,21). The molecule has 0 spiro atoms. The number of aryl methyl sites for hydroxylation is 1. The Labute approximate surface area is 129 Å². The fourth-order valence-electron chi connectivity index (χ4n) is 2.79. The number of aromatic nitrogens is 1. The van der Waals surface area contributed by atoms with Crippen molar-refractivity contribution in [2.75, 3.05) is 5.32 Å². The lowest BCUT2D eigenvalue weighted by Crippen LogP contribution is -2.24. The summed E-state index contributed by atoms with van der Waals surface area (Å²) in [4.78, 5) is 8.35. The zero-order valence-corrected chi connectivity index (χ0v) is 12.4. The number of benzene rings is 1. The van der Waals surface area contributed by atoms with Crippen molar-refractivity contribution in [3.05, 3.63) is 53.3 Å². The number of anilines is 1. The minimum absolute atomic E-state index is 0.135. The highest BCUT2D eigenvalue weighted by atomic mass is 16.3. The third kappa shape index (κ3) is 3.19. The summed E-state index contributed by atoms with van der Waals surface area (Å²) < 4.78 is 0. The van der Waals surface area contributed by atoms with Gasteiger partial charge in [0, 0.05) is 11.9 Å². The van der Waals surface area contributed by atoms with E-state index >= 15 is 0 Å². The van der Waals surface area contributed by atoms with Crippen LogP contribution in [0.5, 0.6) is 5.75 Å². The molecule has 0 unspecified atom stereocenters. The number of hydrogen-bond acceptors (Lipinski definition) is 3. The number of guanidine groups is 1. The van der Waals surface area contributed by atoms with Crippen molar-refractivity contribution in [3.63, 3.8) is 0 Å². The Bertz CT molecular complexity index is 697. The maximum Gasteiger partial charge on any atom is 0.193 e. The van der Waals surface area contributed by atoms with Gasteiger partial charge in [0.05, 0.1) is 6.54 Å². The van der Waals surface area contributed by atoms with Crippen molar-refractivity contribution >= 4 is 11.6 Å². The van der Waals surface area contributed by atoms with Gasteiger partial charge in [0.15, 0.2) is 5.96 Å². The second-order valence-corrected chi connectivity index (χ2v) is 5.45. The smallest absolute Gasteiger partial charge is 0.193 e. The molecule has 0 bridgehead atoms. The summed E-state index contributed by atoms with van der Waals surface area (Å²) in [5, 5.41) is 12.9. The van der Waals surface area contributed by atoms with E-state index in [0.29, 0.717) is 11.7 Å². The van der Waals surface area contributed by atoms with Crippen molar-refractivity contribution in [1.29, 1.82) is 0 Å². The average molecular weight is 296 g/mol. The molecule has 0 aliphatic heterocycles. The van der Waals surface area contributed by atoms with Crippen LogP contribution in [0.2, 0.25) is 0 Å². The molecular formula is C17H20N4O. The average Bonchev–Trinajstić information content (AvgIpc) is 2.54. The summed E-state index contributed by atoms with van der Waals surface area (Å²) >= 11 is 0. The lowest BCUT2D eigenvalue weighted by atomic mass is 9.90. The number of nitrogens with two attached hydrogens (primary N) is 1. The van der Waals surface area contributed by atoms with Crippen molar-refractivity contribution in [1.82, 2.24) is 4.98 Å². The second kappa shape index (κ2) is 6.47. The van der Waals surface area contributed by atoms with Crippen LogP contribution in [0.25, 0.3) is 0 Å². The van der Waals surface area contributed by atoms with Gasteiger partial charge < -0.3 is 16.2 Å². The number of hydrogen-bond donors (Lipinski definition) is 3. The maximum absolute atomic E-state index is 9.68. The Morgan fingerprint density at radius 2 is 2.09 bits per heavy atom. The van der Waals surface area contributed by atoms with Crippen LogP contribution >= 0.6 is 0 Å². The van der Waals surface area contributed by atoms with Gasteiger partial charge in [-0.1, -0.05) is 12.1 Å². The molecule has 0 saturated carbocycles. The highest BCUT2D eigenvalue weighted by molar-refractivity contribution is 5.93. The number of fused-ring (bicyclic) bond motifs is 1. The van der Waals surface area contributed by atoms with Crippen LogP contribution in [0.15, 0.2) is 41.5 Å². The van der Waals surface area contributed by atoms with Crippen molar-refractivity contribution < 1.29 is 5.11 Å². The van der Waals surface area contributed by atoms with Crippen LogP contribution in [0.1, 0.15) is 29.7 Å². The first kappa shape index (κ1) is 14.4. The molecule has 1 aliphatic rings. The van der Waals surface area contributed by atoms with E-state index in [2.05, 4.69) is 21.4 Å². The number of pyridine rings is 1. The first-order chi connectivity index (χ1) is 10.7. The van der Waals surface area contributed by atoms with Crippen LogP contribution in [-0.4, -0.2) is 16.1 Å². The number of nitrogens with zero attached hydrogens (tertiary/aromatic N) is 2. The molecule has 0 radical (unpaired) electrons. The summed E-state index contributed by atoms with van der Waals surface area (Å²) in [6.45, 7) is 0.251. The van der Waals surface area contributed by atoms with E-state index in [1.165, 1.54) is 24.0 Å². The summed E-state index contributed by atoms with van der Waals surface area (Å²) in [6.07, 6.45) is 6.29. The summed E-state index contributed by atoms with van der Waals surface area (Å²) in [5.41, 5.74) is 10.2. The Morgan fingerprint density at radius 1 is 1.23 bits per heavy atom. The summed E-state index contributed by atoms with van der Waals surface area (Å²) in [6, 6.07) is 9.53. The van der Waals surface area contributed by atoms with Gasteiger partial charge in [-0.3, -0.25) is 4.98 Å². The molecule has 1 heterocycles. The predicted molar refractivity (Wildman–Crippen MR) is 87.9 cm³/mol. The molecule has 0 atom stereocenters. The van der Waals surface area contributed by atoms with Crippen LogP contribution in [-0.2, 0) is 19.4 Å². The van der Waals surface area contributed by atoms with Crippen LogP contribution in [0, 0.1) is 0 Å². The monoisotopic (exact) mass is 296 g/mol. The molecule has 0 fully saturated rings. The molecule has 2 aromatic rings. The predicted octanol–water partition coefficient (Wildman–Crippen LogP) is 2.59. The Balaban J connectivity index is 1.73. The Hall–Kier alpha value is -2.56. The number of rotatable bonds is 3. The van der Waals surface area contributed by atoms with Crippen molar-refractivity contribution in [2.45, 2.75) is 32.2 Å². The summed E-state index contributed by atoms with van der Waals surface area (Å²) in [5.74, 6) is 0.472. The topological polar surface area (TPSA) is 83.5 Å². The fraction of sp³-hybridized carbons (Fsp3) is 0.294. The highest BCUT2D eigenvalue weighted by Crippen LogP contribution is 2.27. The van der Waals surface area contributed by atoms with Crippen LogP contribution < -0.4 is 11.1 Å². The van der Waals surface area contributed by atoms with E-state index in [0.717, 1.165) is 18.5 Å². The van der Waals surface area contributed by atoms with Gasteiger partial charge in [-0.15, -0.1) is 0 Å². The molecule has 22 heavy (non-hydrogen) atoms. The molecule has 1 aromatic heterocycles. The van der Waals surface area contributed by atoms with Gasteiger partial charge in [0.1, 0.15) is 11.4 Å². The van der Waals surface area contributed by atoms with Crippen molar-refractivity contribution in [3.8, 4) is 5.75 Å². The molecule has 114 valence electrons. The van der Waals surface area contributed by atoms with E-state index in [-0.39, 0.29) is 12.3 Å². The third-order valence-corrected chi connectivity index (χ3v) is 3.92. The molecule has 0 saturated heterocycles. The van der Waals surface area contributed by atoms with E-state index in [9.17, 15) is 5.11 Å². The molecule has 1 aromatic carbocycles. The maximum atomic E-state index is 9.68. The molecule has 1 aliphatic carbocycles. The van der Waals surface area contributed by atoms with Gasteiger partial charge in [-0.05, 0) is 55.0 Å². The van der Waals surface area contributed by atoms with Gasteiger partial charge in [0.25, 0.3) is 0 Å². The first-order valence-corrected chi connectivity index (χ1v) is 7.54. The Kier molecular flexibility index (Phi) is 4.23. The molecule has 5 heteroatoms. The minimum Gasteiger partial charge on any atom is -0.506 e. The van der Waals surface area contributed by atoms with E-state index in [4.69, 9.17) is 5.73 Å². The number of aromatic hydroxyl groups is 1. The third-order valence-electron chi connectivity index (χ3n) is 3.92. The van der Waals surface area contributed by atoms with Crippen LogP contribution in [0.4, 0.5) is 5.69 Å². The zero-order valence-electron chi connectivity index (χ0n) is 12.4. The number of nitrogens with one attached hydrogen (secondary N) is 1. The molecular weight excluding hydrogens is 276 g/mol. The van der Waals surface area contributed by atoms with Gasteiger partial charge in [0.2, 0.25) is 0 Å². The largest absolute Gasteiger partial charge is 0.506 e. The lowest BCUT2D eigenvalue weighted by Gasteiger charge is -2.19. The highest BCUT2D eigenvalue weighted by Gasteiger charge is 2.13. The molecule has 0 amide bonds. The van der Waals surface area contributed by atoms with Crippen LogP contribution in [0.3, 0.4) is 0 Å². The SMILES string of the molecule is NC(=NCc1ncccc1O)Nc1cccc2c1CCCC2. The minimum atomic E-state index is 0.135. The van der Waals surface area contributed by atoms with Crippen molar-refractivity contribution in [2.24, 2.45) is 10.7 Å². The van der Waals surface area contributed by atoms with E-state index in [1.54, 1.807) is 18.3 Å². The fourth-order valence-corrected chi connectivity index (χ4v) is 2.79. The molecule has 3 rings (SSSR count). The molecule has 4 N–H and O–H groups in total. The normalized spacial score (nSPS) is 14.5. The molecule has 5 nitrogen and oxygen atoms in total. The first-order valence-electron chi connectivity index (χ1n) is 7.54. The van der Waals surface area contributed by atoms with Gasteiger partial charge in [-0.25, -0.2) is 4.99 Å². The van der Waals surface area contributed by atoms with Gasteiger partial charge >= 0.3 is 0 Å². The lowest BCUT2D eigenvalue weighted by molar-refractivity contribution is 0.464. The summed E-state index contributed by atoms with van der Waals surface area (Å²) in [7, 11) is 0. The number of aliphatic imine (C=N–C) groups is 1. The second-order valence-electron chi connectivity index (χ2n) is 5.45. The zero-order chi connectivity index (χ0) is 15.4. The van der Waals surface area contributed by atoms with E-state index < -0.39 is 0 Å². The van der Waals surface area contributed by atoms with Gasteiger partial charge in [-0.2, -0.15) is 0 Å². The van der Waals surface area contributed by atoms with E-state index in [1.807, 2.05) is 12.1 Å².